The van der Waals surface area contributed by atoms with Crippen LogP contribution in [0.15, 0.2) is 18.2 Å². The van der Waals surface area contributed by atoms with Crippen LogP contribution >= 0.6 is 11.6 Å². The van der Waals surface area contributed by atoms with Crippen LogP contribution in [0.3, 0.4) is 0 Å². The molecule has 1 unspecified atom stereocenters. The summed E-state index contributed by atoms with van der Waals surface area (Å²) >= 11 is 5.93. The fraction of sp³-hybridized carbons (Fsp3) is 0.571. The summed E-state index contributed by atoms with van der Waals surface area (Å²) in [5.74, 6) is 0.728. The van der Waals surface area contributed by atoms with E-state index >= 15 is 0 Å². The first-order valence-corrected chi connectivity index (χ1v) is 6.48. The first-order chi connectivity index (χ1) is 8.28. The normalized spacial score (nSPS) is 12.7. The van der Waals surface area contributed by atoms with Crippen LogP contribution in [-0.2, 0) is 0 Å². The number of aliphatic hydroxyl groups excluding tert-OH is 1. The molecular weight excluding hydrogens is 285 g/mol. The van der Waals surface area contributed by atoms with Gasteiger partial charge in [0.2, 0.25) is 0 Å². The van der Waals surface area contributed by atoms with Gasteiger partial charge in [0.25, 0.3) is 0 Å². The van der Waals surface area contributed by atoms with E-state index < -0.39 is 6.10 Å². The van der Waals surface area contributed by atoms with Crippen molar-refractivity contribution >= 4 is 11.6 Å². The molecule has 0 saturated carbocycles. The maximum absolute atomic E-state index is 9.78. The molecule has 0 aliphatic carbocycles. The van der Waals surface area contributed by atoms with E-state index in [9.17, 15) is 5.11 Å². The van der Waals surface area contributed by atoms with E-state index in [0.29, 0.717) is 6.54 Å². The summed E-state index contributed by atoms with van der Waals surface area (Å²) < 4.78 is 5.52. The van der Waals surface area contributed by atoms with Gasteiger partial charge in [0, 0.05) is 17.1 Å². The number of hydrogen-bond acceptors (Lipinski definition) is 3. The molecule has 0 fully saturated rings. The van der Waals surface area contributed by atoms with Gasteiger partial charge in [0.05, 0.1) is 0 Å². The van der Waals surface area contributed by atoms with Crippen LogP contribution in [0.25, 0.3) is 0 Å². The molecule has 110 valence electrons. The second kappa shape index (κ2) is 7.95. The summed E-state index contributed by atoms with van der Waals surface area (Å²) in [4.78, 5) is 0. The highest BCUT2D eigenvalue weighted by atomic mass is 35.5. The highest BCUT2D eigenvalue weighted by molar-refractivity contribution is 6.31. The van der Waals surface area contributed by atoms with Gasteiger partial charge in [-0.2, -0.15) is 0 Å². The zero-order valence-electron chi connectivity index (χ0n) is 11.8. The van der Waals surface area contributed by atoms with Crippen LogP contribution in [-0.4, -0.2) is 29.9 Å². The Labute approximate surface area is 126 Å². The van der Waals surface area contributed by atoms with Crippen molar-refractivity contribution in [2.24, 2.45) is 0 Å². The average Bonchev–Trinajstić information content (AvgIpc) is 2.27. The lowest BCUT2D eigenvalue weighted by Gasteiger charge is -2.23. The highest BCUT2D eigenvalue weighted by Gasteiger charge is 2.12. The van der Waals surface area contributed by atoms with Crippen molar-refractivity contribution in [2.45, 2.75) is 39.3 Å². The summed E-state index contributed by atoms with van der Waals surface area (Å²) in [5.41, 5.74) is 0.967. The van der Waals surface area contributed by atoms with Gasteiger partial charge < -0.3 is 27.6 Å². The van der Waals surface area contributed by atoms with Crippen molar-refractivity contribution in [3.05, 3.63) is 28.8 Å². The Bertz CT molecular complexity index is 392. The molecule has 0 aliphatic rings. The first kappa shape index (κ1) is 18.5. The van der Waals surface area contributed by atoms with Crippen LogP contribution in [0.1, 0.15) is 26.3 Å². The van der Waals surface area contributed by atoms with Crippen molar-refractivity contribution in [3.8, 4) is 5.75 Å². The van der Waals surface area contributed by atoms with Crippen LogP contribution in [0.4, 0.5) is 0 Å². The molecule has 1 rings (SSSR count). The molecule has 0 saturated heterocycles. The van der Waals surface area contributed by atoms with Crippen molar-refractivity contribution in [2.75, 3.05) is 13.2 Å². The predicted molar refractivity (Wildman–Crippen MR) is 75.4 cm³/mol. The maximum Gasteiger partial charge on any atom is 0.119 e. The summed E-state index contributed by atoms with van der Waals surface area (Å²) in [6, 6.07) is 5.47. The summed E-state index contributed by atoms with van der Waals surface area (Å²) in [5, 5.41) is 13.7. The quantitative estimate of drug-likeness (QED) is 0.790. The molecule has 1 atom stereocenters. The number of aryl methyl sites for hydroxylation is 1. The van der Waals surface area contributed by atoms with Gasteiger partial charge in [-0.05, 0) is 51.5 Å². The Morgan fingerprint density at radius 1 is 1.37 bits per heavy atom. The van der Waals surface area contributed by atoms with E-state index in [0.717, 1.165) is 16.3 Å². The zero-order chi connectivity index (χ0) is 13.8. The minimum atomic E-state index is -0.528. The minimum Gasteiger partial charge on any atom is -1.00 e. The third-order valence-electron chi connectivity index (χ3n) is 2.44. The summed E-state index contributed by atoms with van der Waals surface area (Å²) in [6.45, 7) is 8.88. The molecule has 0 spiro atoms. The van der Waals surface area contributed by atoms with E-state index in [2.05, 4.69) is 26.1 Å². The monoisotopic (exact) mass is 306 g/mol. The Kier molecular flexibility index (Phi) is 7.75. The molecule has 2 N–H and O–H groups in total. The van der Waals surface area contributed by atoms with Gasteiger partial charge in [0.1, 0.15) is 18.5 Å². The molecular formula is C14H22Cl2NO2-. The third kappa shape index (κ3) is 7.63. The van der Waals surface area contributed by atoms with Gasteiger partial charge in [-0.1, -0.05) is 11.6 Å². The first-order valence-electron chi connectivity index (χ1n) is 6.10. The van der Waals surface area contributed by atoms with Gasteiger partial charge in [-0.3, -0.25) is 0 Å². The van der Waals surface area contributed by atoms with Crippen LogP contribution in [0.2, 0.25) is 5.02 Å². The fourth-order valence-corrected chi connectivity index (χ4v) is 1.50. The Morgan fingerprint density at radius 3 is 2.53 bits per heavy atom. The number of halogens is 2. The molecule has 5 heteroatoms. The number of benzene rings is 1. The minimum absolute atomic E-state index is 0. The molecule has 1 aromatic rings. The zero-order valence-corrected chi connectivity index (χ0v) is 13.3. The van der Waals surface area contributed by atoms with Crippen molar-refractivity contribution in [1.82, 2.24) is 5.32 Å². The second-order valence-corrected chi connectivity index (χ2v) is 5.91. The fourth-order valence-electron chi connectivity index (χ4n) is 1.38. The summed E-state index contributed by atoms with van der Waals surface area (Å²) in [7, 11) is 0. The third-order valence-corrected chi connectivity index (χ3v) is 2.86. The van der Waals surface area contributed by atoms with E-state index in [1.165, 1.54) is 0 Å². The molecule has 0 radical (unpaired) electrons. The molecule has 0 aromatic heterocycles. The van der Waals surface area contributed by atoms with Gasteiger partial charge in [0.15, 0.2) is 0 Å². The Hall–Kier alpha value is -0.480. The maximum atomic E-state index is 9.78. The molecule has 0 aliphatic heterocycles. The van der Waals surface area contributed by atoms with Gasteiger partial charge in [-0.25, -0.2) is 0 Å². The molecule has 0 amide bonds. The molecule has 0 bridgehead atoms. The lowest BCUT2D eigenvalue weighted by molar-refractivity contribution is -0.00000598. The van der Waals surface area contributed by atoms with Gasteiger partial charge in [-0.15, -0.1) is 0 Å². The predicted octanol–water partition coefficient (Wildman–Crippen LogP) is -0.220. The van der Waals surface area contributed by atoms with E-state index in [1.54, 1.807) is 12.1 Å². The van der Waals surface area contributed by atoms with Crippen molar-refractivity contribution in [3.63, 3.8) is 0 Å². The molecule has 3 nitrogen and oxygen atoms in total. The second-order valence-electron chi connectivity index (χ2n) is 5.51. The number of aliphatic hydroxyl groups is 1. The number of β-amino-alcohol motifs (C(OH)–C–C–N with tert-alkyl or cyclic N) is 1. The topological polar surface area (TPSA) is 41.5 Å². The van der Waals surface area contributed by atoms with Crippen molar-refractivity contribution in [1.29, 1.82) is 0 Å². The molecule has 19 heavy (non-hydrogen) atoms. The lowest BCUT2D eigenvalue weighted by Crippen LogP contribution is -3.00. The Balaban J connectivity index is 0.00000324. The largest absolute Gasteiger partial charge is 1.00 e. The van der Waals surface area contributed by atoms with E-state index in [1.807, 2.05) is 13.0 Å². The number of nitrogens with one attached hydrogen (secondary N) is 1. The summed E-state index contributed by atoms with van der Waals surface area (Å²) in [6.07, 6.45) is -0.528. The number of hydrogen-bond donors (Lipinski definition) is 2. The average molecular weight is 307 g/mol. The van der Waals surface area contributed by atoms with Crippen LogP contribution < -0.4 is 22.5 Å². The van der Waals surface area contributed by atoms with Crippen LogP contribution in [0, 0.1) is 6.92 Å². The molecule has 1 aromatic carbocycles. The number of rotatable bonds is 5. The van der Waals surface area contributed by atoms with E-state index in [-0.39, 0.29) is 24.6 Å². The SMILES string of the molecule is Cc1cc(OCC(O)CNC(C)(C)C)ccc1Cl.[Cl-]. The smallest absolute Gasteiger partial charge is 0.119 e. The molecule has 0 heterocycles. The van der Waals surface area contributed by atoms with Gasteiger partial charge >= 0.3 is 0 Å². The highest BCUT2D eigenvalue weighted by Crippen LogP contribution is 2.21. The Morgan fingerprint density at radius 2 is 2.00 bits per heavy atom. The van der Waals surface area contributed by atoms with Crippen LogP contribution in [0.5, 0.6) is 5.75 Å². The standard InChI is InChI=1S/C14H22ClNO2.ClH/c1-10-7-12(5-6-13(10)15)18-9-11(17)8-16-14(2,3)4;/h5-7,11,16-17H,8-9H2,1-4H3;1H/p-1. The van der Waals surface area contributed by atoms with E-state index in [4.69, 9.17) is 16.3 Å². The lowest BCUT2D eigenvalue weighted by atomic mass is 10.1. The van der Waals surface area contributed by atoms with Crippen molar-refractivity contribution < 1.29 is 22.3 Å². The number of ether oxygens (including phenoxy) is 1.